The highest BCUT2D eigenvalue weighted by Gasteiger charge is 2.16. The number of aromatic nitrogens is 1. The van der Waals surface area contributed by atoms with Crippen LogP contribution in [0.3, 0.4) is 0 Å². The summed E-state index contributed by atoms with van der Waals surface area (Å²) in [4.78, 5) is 26.6. The van der Waals surface area contributed by atoms with Crippen molar-refractivity contribution in [1.29, 1.82) is 0 Å². The third-order valence-corrected chi connectivity index (χ3v) is 3.62. The minimum absolute atomic E-state index is 0.0352. The Bertz CT molecular complexity index is 731. The Morgan fingerprint density at radius 2 is 2.05 bits per heavy atom. The van der Waals surface area contributed by atoms with E-state index in [4.69, 9.17) is 0 Å². The molecule has 0 bridgehead atoms. The maximum absolute atomic E-state index is 12.2. The van der Waals surface area contributed by atoms with Crippen LogP contribution < -0.4 is 5.32 Å². The van der Waals surface area contributed by atoms with Crippen LogP contribution in [-0.4, -0.2) is 15.8 Å². The fraction of sp³-hybridized carbons (Fsp3) is 0.143. The van der Waals surface area contributed by atoms with Gasteiger partial charge in [0.25, 0.3) is 11.6 Å². The number of benzene rings is 1. The molecule has 2 rings (SSSR count). The van der Waals surface area contributed by atoms with Crippen molar-refractivity contribution in [3.63, 3.8) is 0 Å². The molecule has 2 aromatic rings. The van der Waals surface area contributed by atoms with Gasteiger partial charge in [-0.3, -0.25) is 14.9 Å². The third-order valence-electron chi connectivity index (χ3n) is 2.99. The topological polar surface area (TPSA) is 85.1 Å². The number of nitrogens with one attached hydrogen (secondary N) is 1. The Morgan fingerprint density at radius 1 is 1.33 bits per heavy atom. The smallest absolute Gasteiger partial charge is 0.272 e. The zero-order valence-electron chi connectivity index (χ0n) is 11.4. The summed E-state index contributed by atoms with van der Waals surface area (Å²) >= 11 is 3.21. The number of aryl methyl sites for hydroxylation is 2. The van der Waals surface area contributed by atoms with E-state index < -0.39 is 4.92 Å². The Kier molecular flexibility index (Phi) is 4.32. The molecule has 0 aliphatic rings. The molecule has 1 N–H and O–H groups in total. The molecule has 1 aromatic heterocycles. The van der Waals surface area contributed by atoms with Crippen molar-refractivity contribution in [2.24, 2.45) is 0 Å². The van der Waals surface area contributed by atoms with E-state index in [1.54, 1.807) is 38.2 Å². The van der Waals surface area contributed by atoms with Crippen LogP contribution in [0.2, 0.25) is 0 Å². The Balaban J connectivity index is 2.32. The highest BCUT2D eigenvalue weighted by atomic mass is 79.9. The summed E-state index contributed by atoms with van der Waals surface area (Å²) in [6, 6.07) is 6.34. The fourth-order valence-electron chi connectivity index (χ4n) is 1.88. The second-order valence-corrected chi connectivity index (χ2v) is 5.26. The van der Waals surface area contributed by atoms with Gasteiger partial charge in [0.15, 0.2) is 0 Å². The van der Waals surface area contributed by atoms with Gasteiger partial charge < -0.3 is 5.32 Å². The summed E-state index contributed by atoms with van der Waals surface area (Å²) in [5, 5.41) is 13.6. The minimum Gasteiger partial charge on any atom is -0.322 e. The zero-order valence-corrected chi connectivity index (χ0v) is 13.0. The normalized spacial score (nSPS) is 10.2. The van der Waals surface area contributed by atoms with E-state index >= 15 is 0 Å². The van der Waals surface area contributed by atoms with Crippen LogP contribution in [0, 0.1) is 24.0 Å². The first-order valence-electron chi connectivity index (χ1n) is 6.07. The summed E-state index contributed by atoms with van der Waals surface area (Å²) in [5.41, 5.74) is 2.09. The largest absolute Gasteiger partial charge is 0.322 e. The first-order valence-corrected chi connectivity index (χ1v) is 6.87. The van der Waals surface area contributed by atoms with E-state index in [9.17, 15) is 14.9 Å². The molecular formula is C14H12BrN3O3. The van der Waals surface area contributed by atoms with Gasteiger partial charge in [-0.1, -0.05) is 0 Å². The number of nitro groups is 1. The molecule has 0 saturated heterocycles. The molecule has 7 heteroatoms. The summed E-state index contributed by atoms with van der Waals surface area (Å²) in [6.45, 7) is 3.34. The van der Waals surface area contributed by atoms with E-state index in [0.29, 0.717) is 27.0 Å². The average Bonchev–Trinajstić information content (AvgIpc) is 2.42. The molecule has 21 heavy (non-hydrogen) atoms. The second kappa shape index (κ2) is 6.01. The molecule has 0 saturated carbocycles. The molecule has 1 aromatic carbocycles. The number of nitrogens with zero attached hydrogens (tertiary/aromatic N) is 2. The SMILES string of the molecule is Cc1cc([N+](=O)[O-])c(C)cc1NC(=O)c1cccnc1Br. The maximum Gasteiger partial charge on any atom is 0.272 e. The molecule has 0 fully saturated rings. The minimum atomic E-state index is -0.439. The van der Waals surface area contributed by atoms with Gasteiger partial charge >= 0.3 is 0 Å². The number of hydrogen-bond donors (Lipinski definition) is 1. The summed E-state index contributed by atoms with van der Waals surface area (Å²) in [6.07, 6.45) is 1.57. The quantitative estimate of drug-likeness (QED) is 0.520. The monoisotopic (exact) mass is 349 g/mol. The van der Waals surface area contributed by atoms with Gasteiger partial charge in [0.2, 0.25) is 0 Å². The molecule has 6 nitrogen and oxygen atoms in total. The second-order valence-electron chi connectivity index (χ2n) is 4.51. The maximum atomic E-state index is 12.2. The van der Waals surface area contributed by atoms with E-state index in [2.05, 4.69) is 26.2 Å². The number of pyridine rings is 1. The molecule has 0 aliphatic carbocycles. The van der Waals surface area contributed by atoms with E-state index in [1.165, 1.54) is 6.07 Å². The number of carbonyl (C=O) groups is 1. The molecule has 0 atom stereocenters. The molecule has 108 valence electrons. The van der Waals surface area contributed by atoms with Crippen molar-refractivity contribution >= 4 is 33.2 Å². The predicted molar refractivity (Wildman–Crippen MR) is 82.5 cm³/mol. The van der Waals surface area contributed by atoms with E-state index in [1.807, 2.05) is 0 Å². The van der Waals surface area contributed by atoms with Crippen LogP contribution in [0.1, 0.15) is 21.5 Å². The van der Waals surface area contributed by atoms with Gasteiger partial charge in [-0.2, -0.15) is 0 Å². The van der Waals surface area contributed by atoms with E-state index in [-0.39, 0.29) is 11.6 Å². The van der Waals surface area contributed by atoms with Crippen LogP contribution >= 0.6 is 15.9 Å². The van der Waals surface area contributed by atoms with Crippen molar-refractivity contribution in [3.05, 3.63) is 61.9 Å². The average molecular weight is 350 g/mol. The molecule has 0 radical (unpaired) electrons. The van der Waals surface area contributed by atoms with Gasteiger partial charge in [-0.05, 0) is 53.5 Å². The highest BCUT2D eigenvalue weighted by Crippen LogP contribution is 2.26. The standard InChI is InChI=1S/C14H12BrN3O3/c1-8-7-12(18(20)21)9(2)6-11(8)17-14(19)10-4-3-5-16-13(10)15/h3-7H,1-2H3,(H,17,19). The van der Waals surface area contributed by atoms with Gasteiger partial charge in [0.05, 0.1) is 10.5 Å². The predicted octanol–water partition coefficient (Wildman–Crippen LogP) is 3.62. The van der Waals surface area contributed by atoms with Crippen LogP contribution in [0.25, 0.3) is 0 Å². The first kappa shape index (κ1) is 15.1. The lowest BCUT2D eigenvalue weighted by Crippen LogP contribution is -2.14. The first-order chi connectivity index (χ1) is 9.90. The number of rotatable bonds is 3. The molecule has 0 spiro atoms. The number of anilines is 1. The Morgan fingerprint density at radius 3 is 2.67 bits per heavy atom. The van der Waals surface area contributed by atoms with Crippen molar-refractivity contribution in [1.82, 2.24) is 4.98 Å². The number of amides is 1. The number of halogens is 1. The highest BCUT2D eigenvalue weighted by molar-refractivity contribution is 9.10. The zero-order chi connectivity index (χ0) is 15.6. The molecule has 1 heterocycles. The van der Waals surface area contributed by atoms with Gasteiger partial charge in [-0.25, -0.2) is 4.98 Å². The van der Waals surface area contributed by atoms with Crippen molar-refractivity contribution < 1.29 is 9.72 Å². The number of nitro benzene ring substituents is 1. The van der Waals surface area contributed by atoms with Crippen LogP contribution in [0.5, 0.6) is 0 Å². The summed E-state index contributed by atoms with van der Waals surface area (Å²) in [7, 11) is 0. The van der Waals surface area contributed by atoms with Crippen LogP contribution in [0.15, 0.2) is 35.1 Å². The lowest BCUT2D eigenvalue weighted by molar-refractivity contribution is -0.385. The fourth-order valence-corrected chi connectivity index (χ4v) is 2.31. The van der Waals surface area contributed by atoms with Gasteiger partial charge in [-0.15, -0.1) is 0 Å². The van der Waals surface area contributed by atoms with E-state index in [0.717, 1.165) is 0 Å². The Labute approximate surface area is 129 Å². The summed E-state index contributed by atoms with van der Waals surface area (Å²) in [5.74, 6) is -0.327. The van der Waals surface area contributed by atoms with Crippen LogP contribution in [-0.2, 0) is 0 Å². The van der Waals surface area contributed by atoms with Crippen molar-refractivity contribution in [2.45, 2.75) is 13.8 Å². The number of hydrogen-bond acceptors (Lipinski definition) is 4. The van der Waals surface area contributed by atoms with Crippen molar-refractivity contribution in [3.8, 4) is 0 Å². The lowest BCUT2D eigenvalue weighted by atomic mass is 10.1. The third kappa shape index (κ3) is 3.25. The lowest BCUT2D eigenvalue weighted by Gasteiger charge is -2.10. The van der Waals surface area contributed by atoms with Crippen LogP contribution in [0.4, 0.5) is 11.4 Å². The van der Waals surface area contributed by atoms with Gasteiger partial charge in [0, 0.05) is 23.5 Å². The summed E-state index contributed by atoms with van der Waals surface area (Å²) < 4.78 is 0.443. The Hall–Kier alpha value is -2.28. The molecule has 0 unspecified atom stereocenters. The van der Waals surface area contributed by atoms with Crippen molar-refractivity contribution in [2.75, 3.05) is 5.32 Å². The molecule has 1 amide bonds. The number of carbonyl (C=O) groups excluding carboxylic acids is 1. The molecule has 0 aliphatic heterocycles. The van der Waals surface area contributed by atoms with Gasteiger partial charge in [0.1, 0.15) is 4.60 Å². The molecular weight excluding hydrogens is 338 g/mol.